The Labute approximate surface area is 173 Å². The Morgan fingerprint density at radius 1 is 0.963 bits per heavy atom. The molecule has 0 bridgehead atoms. The zero-order valence-corrected chi connectivity index (χ0v) is 17.3. The number of hydrogen-bond acceptors (Lipinski definition) is 4. The van der Waals surface area contributed by atoms with E-state index in [0.29, 0.717) is 41.3 Å². The van der Waals surface area contributed by atoms with Gasteiger partial charge in [0, 0.05) is 23.0 Å². The van der Waals surface area contributed by atoms with Gasteiger partial charge in [-0.3, -0.25) is 0 Å². The fourth-order valence-electron chi connectivity index (χ4n) is 2.65. The van der Waals surface area contributed by atoms with Crippen LogP contribution in [-0.4, -0.2) is 6.61 Å². The highest BCUT2D eigenvalue weighted by molar-refractivity contribution is 7.09. The third-order valence-corrected chi connectivity index (χ3v) is 5.24. The molecule has 3 nitrogen and oxygen atoms in total. The van der Waals surface area contributed by atoms with Crippen molar-refractivity contribution in [2.75, 3.05) is 6.61 Å². The molecule has 0 saturated heterocycles. The summed E-state index contributed by atoms with van der Waals surface area (Å²) in [6.07, 6.45) is 0. The fraction of sp³-hybridized carbons (Fsp3) is 0.238. The molecule has 1 aromatic heterocycles. The van der Waals surface area contributed by atoms with Crippen molar-refractivity contribution >= 4 is 34.5 Å². The lowest BCUT2D eigenvalue weighted by Crippen LogP contribution is -2.12. The Kier molecular flexibility index (Phi) is 7.41. The maximum absolute atomic E-state index is 6.49. The molecule has 6 heteroatoms. The molecule has 0 aliphatic rings. The van der Waals surface area contributed by atoms with E-state index in [1.807, 2.05) is 43.3 Å². The van der Waals surface area contributed by atoms with Gasteiger partial charge < -0.3 is 14.8 Å². The van der Waals surface area contributed by atoms with Crippen LogP contribution in [-0.2, 0) is 19.7 Å². The fourth-order valence-corrected chi connectivity index (χ4v) is 3.83. The average Bonchev–Trinajstić information content (AvgIpc) is 3.15. The van der Waals surface area contributed by atoms with Crippen molar-refractivity contribution < 1.29 is 9.47 Å². The van der Waals surface area contributed by atoms with Gasteiger partial charge in [-0.05, 0) is 53.8 Å². The van der Waals surface area contributed by atoms with E-state index < -0.39 is 0 Å². The third kappa shape index (κ3) is 5.88. The number of hydrogen-bond donors (Lipinski definition) is 1. The molecule has 0 atom stereocenters. The Balaban J connectivity index is 1.69. The minimum atomic E-state index is 0.371. The Morgan fingerprint density at radius 3 is 2.59 bits per heavy atom. The molecule has 0 saturated carbocycles. The largest absolute Gasteiger partial charge is 0.490 e. The van der Waals surface area contributed by atoms with Crippen LogP contribution in [0.5, 0.6) is 11.5 Å². The van der Waals surface area contributed by atoms with Gasteiger partial charge in [0.15, 0.2) is 11.5 Å². The molecule has 0 spiro atoms. The van der Waals surface area contributed by atoms with E-state index in [4.69, 9.17) is 32.7 Å². The summed E-state index contributed by atoms with van der Waals surface area (Å²) in [5.74, 6) is 1.21. The van der Waals surface area contributed by atoms with Crippen molar-refractivity contribution in [3.05, 3.63) is 80.0 Å². The van der Waals surface area contributed by atoms with Crippen molar-refractivity contribution in [3.63, 3.8) is 0 Å². The maximum atomic E-state index is 6.49. The minimum absolute atomic E-state index is 0.371. The molecule has 0 radical (unpaired) electrons. The van der Waals surface area contributed by atoms with Crippen LogP contribution in [0.1, 0.15) is 22.9 Å². The van der Waals surface area contributed by atoms with Crippen LogP contribution in [0.15, 0.2) is 53.9 Å². The predicted octanol–water partition coefficient (Wildman–Crippen LogP) is 6.32. The van der Waals surface area contributed by atoms with E-state index in [9.17, 15) is 0 Å². The predicted molar refractivity (Wildman–Crippen MR) is 113 cm³/mol. The summed E-state index contributed by atoms with van der Waals surface area (Å²) in [6, 6.07) is 15.6. The molecule has 3 aromatic rings. The molecule has 3 rings (SSSR count). The first-order valence-corrected chi connectivity index (χ1v) is 10.3. The Morgan fingerprint density at radius 2 is 1.85 bits per heavy atom. The highest BCUT2D eigenvalue weighted by atomic mass is 35.5. The van der Waals surface area contributed by atoms with E-state index in [1.165, 1.54) is 4.88 Å². The summed E-state index contributed by atoms with van der Waals surface area (Å²) in [5, 5.41) is 6.72. The number of rotatable bonds is 9. The summed E-state index contributed by atoms with van der Waals surface area (Å²) in [6.45, 7) is 4.38. The monoisotopic (exact) mass is 421 g/mol. The van der Waals surface area contributed by atoms with Crippen LogP contribution >= 0.6 is 34.5 Å². The second-order valence-electron chi connectivity index (χ2n) is 5.94. The Hall–Kier alpha value is -1.72. The molecule has 0 amide bonds. The zero-order valence-electron chi connectivity index (χ0n) is 15.0. The summed E-state index contributed by atoms with van der Waals surface area (Å²) >= 11 is 14.3. The quantitative estimate of drug-likeness (QED) is 0.438. The van der Waals surface area contributed by atoms with Crippen molar-refractivity contribution in [1.29, 1.82) is 0 Å². The number of ether oxygens (including phenoxy) is 2. The number of halogens is 2. The molecule has 2 aromatic carbocycles. The van der Waals surface area contributed by atoms with Crippen molar-refractivity contribution in [3.8, 4) is 11.5 Å². The van der Waals surface area contributed by atoms with Gasteiger partial charge >= 0.3 is 0 Å². The smallest absolute Gasteiger partial charge is 0.180 e. The van der Waals surface area contributed by atoms with Crippen LogP contribution in [0.4, 0.5) is 0 Å². The van der Waals surface area contributed by atoms with E-state index in [-0.39, 0.29) is 0 Å². The second kappa shape index (κ2) is 10.00. The molecule has 142 valence electrons. The summed E-state index contributed by atoms with van der Waals surface area (Å²) in [7, 11) is 0. The molecule has 0 aliphatic carbocycles. The van der Waals surface area contributed by atoms with Gasteiger partial charge in [0.05, 0.1) is 11.6 Å². The van der Waals surface area contributed by atoms with E-state index in [2.05, 4.69) is 22.8 Å². The van der Waals surface area contributed by atoms with Gasteiger partial charge in [0.1, 0.15) is 6.61 Å². The Bertz CT molecular complexity index is 869. The molecule has 1 heterocycles. The van der Waals surface area contributed by atoms with Crippen molar-refractivity contribution in [2.24, 2.45) is 0 Å². The third-order valence-electron chi connectivity index (χ3n) is 3.85. The summed E-state index contributed by atoms with van der Waals surface area (Å²) in [5.41, 5.74) is 2.03. The van der Waals surface area contributed by atoms with E-state index >= 15 is 0 Å². The van der Waals surface area contributed by atoms with Gasteiger partial charge in [-0.2, -0.15) is 0 Å². The molecule has 27 heavy (non-hydrogen) atoms. The number of benzene rings is 2. The van der Waals surface area contributed by atoms with Gasteiger partial charge in [0.25, 0.3) is 0 Å². The first-order chi connectivity index (χ1) is 13.2. The highest BCUT2D eigenvalue weighted by Gasteiger charge is 2.13. The molecular formula is C21H21Cl2NO2S. The first kappa shape index (κ1) is 20.0. The first-order valence-electron chi connectivity index (χ1n) is 8.71. The van der Waals surface area contributed by atoms with E-state index in [1.54, 1.807) is 11.3 Å². The van der Waals surface area contributed by atoms with E-state index in [0.717, 1.165) is 17.7 Å². The molecule has 1 N–H and O–H groups in total. The average molecular weight is 422 g/mol. The normalized spacial score (nSPS) is 10.8. The van der Waals surface area contributed by atoms with Crippen LogP contribution in [0.3, 0.4) is 0 Å². The lowest BCUT2D eigenvalue weighted by molar-refractivity contribution is 0.269. The minimum Gasteiger partial charge on any atom is -0.490 e. The van der Waals surface area contributed by atoms with Crippen molar-refractivity contribution in [2.45, 2.75) is 26.6 Å². The number of thiophene rings is 1. The van der Waals surface area contributed by atoms with Crippen molar-refractivity contribution in [1.82, 2.24) is 5.32 Å². The lowest BCUT2D eigenvalue weighted by atomic mass is 10.2. The van der Waals surface area contributed by atoms with Crippen LogP contribution < -0.4 is 14.8 Å². The zero-order chi connectivity index (χ0) is 19.1. The standard InChI is InChI=1S/C21H21Cl2NO2S/c1-2-25-20-11-16(12-24-13-18-7-4-8-27-18)10-19(23)21(20)26-14-15-5-3-6-17(22)9-15/h3-11,24H,2,12-14H2,1H3. The molecular weight excluding hydrogens is 401 g/mol. The van der Waals surface area contributed by atoms with Crippen LogP contribution in [0.25, 0.3) is 0 Å². The SMILES string of the molecule is CCOc1cc(CNCc2cccs2)cc(Cl)c1OCc1cccc(Cl)c1. The van der Waals surface area contributed by atoms with Crippen LogP contribution in [0.2, 0.25) is 10.0 Å². The summed E-state index contributed by atoms with van der Waals surface area (Å²) in [4.78, 5) is 1.30. The maximum Gasteiger partial charge on any atom is 0.180 e. The molecule has 0 unspecified atom stereocenters. The highest BCUT2D eigenvalue weighted by Crippen LogP contribution is 2.37. The molecule has 0 aliphatic heterocycles. The molecule has 0 fully saturated rings. The van der Waals surface area contributed by atoms with Crippen LogP contribution in [0, 0.1) is 0 Å². The second-order valence-corrected chi connectivity index (χ2v) is 7.82. The number of nitrogens with one attached hydrogen (secondary N) is 1. The lowest BCUT2D eigenvalue weighted by Gasteiger charge is -2.16. The van der Waals surface area contributed by atoms with Gasteiger partial charge in [-0.1, -0.05) is 41.4 Å². The van der Waals surface area contributed by atoms with Gasteiger partial charge in [0.2, 0.25) is 0 Å². The van der Waals surface area contributed by atoms with Gasteiger partial charge in [-0.15, -0.1) is 11.3 Å². The van der Waals surface area contributed by atoms with Gasteiger partial charge in [-0.25, -0.2) is 0 Å². The summed E-state index contributed by atoms with van der Waals surface area (Å²) < 4.78 is 11.7. The topological polar surface area (TPSA) is 30.5 Å².